The summed E-state index contributed by atoms with van der Waals surface area (Å²) in [5.41, 5.74) is 5.63. The number of nitrogens with two attached hydrogens (primary N) is 1. The van der Waals surface area contributed by atoms with Crippen molar-refractivity contribution in [1.82, 2.24) is 15.2 Å². The van der Waals surface area contributed by atoms with Crippen LogP contribution in [0.4, 0.5) is 0 Å². The largest absolute Gasteiger partial charge is 0.271 e. The Bertz CT molecular complexity index is 607. The Morgan fingerprint density at radius 2 is 1.95 bits per heavy atom. The van der Waals surface area contributed by atoms with Crippen LogP contribution in [-0.2, 0) is 0 Å². The molecule has 0 aliphatic heterocycles. The molecule has 4 nitrogen and oxygen atoms in total. The van der Waals surface area contributed by atoms with Crippen molar-refractivity contribution in [2.75, 3.05) is 0 Å². The summed E-state index contributed by atoms with van der Waals surface area (Å²) in [6, 6.07) is 5.67. The normalized spacial score (nSPS) is 12.9. The van der Waals surface area contributed by atoms with Gasteiger partial charge in [0, 0.05) is 11.1 Å². The van der Waals surface area contributed by atoms with E-state index >= 15 is 0 Å². The minimum atomic E-state index is -0.258. The maximum absolute atomic E-state index is 6.29. The highest BCUT2D eigenvalue weighted by Gasteiger charge is 2.24. The molecule has 0 fully saturated rings. The molecule has 1 unspecified atom stereocenters. The topological polar surface area (TPSA) is 55.9 Å². The van der Waals surface area contributed by atoms with Crippen molar-refractivity contribution in [3.8, 4) is 0 Å². The molecule has 3 N–H and O–H groups in total. The summed E-state index contributed by atoms with van der Waals surface area (Å²) in [6.07, 6.45) is 1.64. The molecule has 2 rings (SSSR count). The third-order valence-electron chi connectivity index (χ3n) is 3.34. The van der Waals surface area contributed by atoms with E-state index in [0.717, 1.165) is 16.8 Å². The molecule has 108 valence electrons. The molecule has 1 aromatic heterocycles. The van der Waals surface area contributed by atoms with E-state index in [1.54, 1.807) is 6.20 Å². The second kappa shape index (κ2) is 6.14. The lowest BCUT2D eigenvalue weighted by Crippen LogP contribution is -2.31. The van der Waals surface area contributed by atoms with Gasteiger partial charge >= 0.3 is 0 Å². The third kappa shape index (κ3) is 2.69. The van der Waals surface area contributed by atoms with Gasteiger partial charge in [0.25, 0.3) is 0 Å². The molecular weight excluding hydrogens is 295 g/mol. The maximum Gasteiger partial charge on any atom is 0.0896 e. The quantitative estimate of drug-likeness (QED) is 0.669. The molecular formula is C14H18Cl2N4. The summed E-state index contributed by atoms with van der Waals surface area (Å²) in [6.45, 7) is 6.06. The molecule has 0 radical (unpaired) electrons. The molecule has 0 saturated heterocycles. The highest BCUT2D eigenvalue weighted by Crippen LogP contribution is 2.33. The molecule has 0 amide bonds. The summed E-state index contributed by atoms with van der Waals surface area (Å²) in [5.74, 6) is 5.76. The Balaban J connectivity index is 2.58. The molecule has 0 aliphatic rings. The molecule has 20 heavy (non-hydrogen) atoms. The Hall–Kier alpha value is -1.07. The van der Waals surface area contributed by atoms with Crippen LogP contribution in [0.5, 0.6) is 0 Å². The summed E-state index contributed by atoms with van der Waals surface area (Å²) in [4.78, 5) is 0. The number of rotatable bonds is 4. The van der Waals surface area contributed by atoms with Crippen molar-refractivity contribution in [3.05, 3.63) is 51.3 Å². The molecule has 0 bridgehead atoms. The predicted octanol–water partition coefficient (Wildman–Crippen LogP) is 3.63. The standard InChI is InChI=1S/C14H18Cl2N4/c1-8(2)20-14(12(16)7-18-20)13(19-17)10-5-4-6-11(15)9(10)3/h4-8,13,19H,17H2,1-3H3. The van der Waals surface area contributed by atoms with E-state index in [0.29, 0.717) is 10.0 Å². The van der Waals surface area contributed by atoms with Gasteiger partial charge in [-0.25, -0.2) is 5.43 Å². The van der Waals surface area contributed by atoms with E-state index in [-0.39, 0.29) is 12.1 Å². The van der Waals surface area contributed by atoms with Crippen LogP contribution in [0.3, 0.4) is 0 Å². The maximum atomic E-state index is 6.29. The molecule has 1 aromatic carbocycles. The number of halogens is 2. The number of nitrogens with zero attached hydrogens (tertiary/aromatic N) is 2. The fourth-order valence-electron chi connectivity index (χ4n) is 2.29. The number of nitrogens with one attached hydrogen (secondary N) is 1. The number of benzene rings is 1. The molecule has 2 aromatic rings. The van der Waals surface area contributed by atoms with Crippen LogP contribution in [0.15, 0.2) is 24.4 Å². The molecule has 6 heteroatoms. The fraction of sp³-hybridized carbons (Fsp3) is 0.357. The molecule has 0 spiro atoms. The van der Waals surface area contributed by atoms with E-state index in [9.17, 15) is 0 Å². The van der Waals surface area contributed by atoms with Gasteiger partial charge in [-0.2, -0.15) is 5.10 Å². The van der Waals surface area contributed by atoms with Gasteiger partial charge in [-0.3, -0.25) is 10.5 Å². The Morgan fingerprint density at radius 3 is 2.55 bits per heavy atom. The zero-order valence-electron chi connectivity index (χ0n) is 11.7. The predicted molar refractivity (Wildman–Crippen MR) is 83.0 cm³/mol. The van der Waals surface area contributed by atoms with Gasteiger partial charge in [0.1, 0.15) is 0 Å². The van der Waals surface area contributed by atoms with E-state index in [2.05, 4.69) is 10.5 Å². The lowest BCUT2D eigenvalue weighted by molar-refractivity contribution is 0.476. The van der Waals surface area contributed by atoms with Crippen LogP contribution in [0, 0.1) is 6.92 Å². The zero-order chi connectivity index (χ0) is 14.9. The SMILES string of the molecule is Cc1c(Cl)cccc1C(NN)c1c(Cl)cnn1C(C)C. The first kappa shape index (κ1) is 15.3. The lowest BCUT2D eigenvalue weighted by Gasteiger charge is -2.22. The molecule has 1 heterocycles. The van der Waals surface area contributed by atoms with Gasteiger partial charge in [-0.15, -0.1) is 0 Å². The average Bonchev–Trinajstić information content (AvgIpc) is 2.78. The van der Waals surface area contributed by atoms with Gasteiger partial charge in [-0.1, -0.05) is 35.3 Å². The van der Waals surface area contributed by atoms with Crippen LogP contribution in [0.25, 0.3) is 0 Å². The van der Waals surface area contributed by atoms with Crippen molar-refractivity contribution in [3.63, 3.8) is 0 Å². The Labute approximate surface area is 128 Å². The van der Waals surface area contributed by atoms with Crippen molar-refractivity contribution in [2.24, 2.45) is 5.84 Å². The van der Waals surface area contributed by atoms with Crippen molar-refractivity contribution >= 4 is 23.2 Å². The highest BCUT2D eigenvalue weighted by molar-refractivity contribution is 6.31. The minimum Gasteiger partial charge on any atom is -0.271 e. The molecule has 1 atom stereocenters. The van der Waals surface area contributed by atoms with E-state index < -0.39 is 0 Å². The fourth-order valence-corrected chi connectivity index (χ4v) is 2.71. The van der Waals surface area contributed by atoms with Gasteiger partial charge < -0.3 is 0 Å². The zero-order valence-corrected chi connectivity index (χ0v) is 13.2. The minimum absolute atomic E-state index is 0.188. The monoisotopic (exact) mass is 312 g/mol. The van der Waals surface area contributed by atoms with Crippen LogP contribution in [-0.4, -0.2) is 9.78 Å². The summed E-state index contributed by atoms with van der Waals surface area (Å²) < 4.78 is 1.87. The van der Waals surface area contributed by atoms with E-state index in [4.69, 9.17) is 29.0 Å². The van der Waals surface area contributed by atoms with Crippen molar-refractivity contribution in [1.29, 1.82) is 0 Å². The van der Waals surface area contributed by atoms with Gasteiger partial charge in [0.05, 0.1) is 23.0 Å². The van der Waals surface area contributed by atoms with Crippen LogP contribution >= 0.6 is 23.2 Å². The first-order chi connectivity index (χ1) is 9.47. The second-order valence-corrected chi connectivity index (χ2v) is 5.78. The van der Waals surface area contributed by atoms with Gasteiger partial charge in [0.15, 0.2) is 0 Å². The second-order valence-electron chi connectivity index (χ2n) is 4.97. The van der Waals surface area contributed by atoms with Crippen molar-refractivity contribution < 1.29 is 0 Å². The number of aromatic nitrogens is 2. The van der Waals surface area contributed by atoms with Gasteiger partial charge in [-0.05, 0) is 38.0 Å². The summed E-state index contributed by atoms with van der Waals surface area (Å²) >= 11 is 12.5. The third-order valence-corrected chi connectivity index (χ3v) is 4.04. The number of hydrogen-bond donors (Lipinski definition) is 2. The average molecular weight is 313 g/mol. The first-order valence-electron chi connectivity index (χ1n) is 6.41. The number of hydrazine groups is 1. The van der Waals surface area contributed by atoms with Crippen molar-refractivity contribution in [2.45, 2.75) is 32.9 Å². The smallest absolute Gasteiger partial charge is 0.0896 e. The van der Waals surface area contributed by atoms with E-state index in [1.165, 1.54) is 0 Å². The van der Waals surface area contributed by atoms with Crippen LogP contribution in [0.2, 0.25) is 10.0 Å². The highest BCUT2D eigenvalue weighted by atomic mass is 35.5. The summed E-state index contributed by atoms with van der Waals surface area (Å²) in [7, 11) is 0. The summed E-state index contributed by atoms with van der Waals surface area (Å²) in [5, 5.41) is 5.61. The van der Waals surface area contributed by atoms with Crippen LogP contribution < -0.4 is 11.3 Å². The molecule has 0 aliphatic carbocycles. The Morgan fingerprint density at radius 1 is 1.25 bits per heavy atom. The van der Waals surface area contributed by atoms with Crippen LogP contribution in [0.1, 0.15) is 42.8 Å². The van der Waals surface area contributed by atoms with E-state index in [1.807, 2.05) is 43.7 Å². The Kier molecular flexibility index (Phi) is 4.70. The number of hydrogen-bond acceptors (Lipinski definition) is 3. The molecule has 0 saturated carbocycles. The lowest BCUT2D eigenvalue weighted by atomic mass is 9.99. The first-order valence-corrected chi connectivity index (χ1v) is 7.17. The van der Waals surface area contributed by atoms with Gasteiger partial charge in [0.2, 0.25) is 0 Å².